The zero-order chi connectivity index (χ0) is 39.2. The maximum absolute atomic E-state index is 14.3. The monoisotopic (exact) mass is 738 g/mol. The third-order valence-electron chi connectivity index (χ3n) is 9.62. The van der Waals surface area contributed by atoms with E-state index in [0.29, 0.717) is 29.9 Å². The number of hydroxylamine groups is 2. The molecule has 0 radical (unpaired) electrons. The minimum absolute atomic E-state index is 0.0453. The third kappa shape index (κ3) is 11.5. The van der Waals surface area contributed by atoms with Gasteiger partial charge in [0.05, 0.1) is 20.8 Å². The highest BCUT2D eigenvalue weighted by Crippen LogP contribution is 2.28. The number of rotatable bonds is 20. The van der Waals surface area contributed by atoms with Crippen molar-refractivity contribution in [1.82, 2.24) is 15.7 Å². The van der Waals surface area contributed by atoms with Crippen molar-refractivity contribution in [1.29, 1.82) is 0 Å². The minimum atomic E-state index is -1.06. The Balaban J connectivity index is 1.63. The number of carbonyl (C=O) groups excluding carboxylic acids is 4. The summed E-state index contributed by atoms with van der Waals surface area (Å²) in [6, 6.07) is 26.4. The van der Waals surface area contributed by atoms with Crippen molar-refractivity contribution in [2.45, 2.75) is 78.6 Å². The molecule has 2 unspecified atom stereocenters. The van der Waals surface area contributed by atoms with Crippen LogP contribution in [0.3, 0.4) is 0 Å². The average molecular weight is 739 g/mol. The number of nitrogens with two attached hydrogens (primary N) is 1. The first-order chi connectivity index (χ1) is 25.9. The molecule has 4 N–H and O–H groups in total. The van der Waals surface area contributed by atoms with Crippen LogP contribution in [0.1, 0.15) is 63.6 Å². The molecule has 0 bridgehead atoms. The van der Waals surface area contributed by atoms with E-state index in [1.807, 2.05) is 100 Å². The topological polar surface area (TPSA) is 149 Å². The van der Waals surface area contributed by atoms with Crippen molar-refractivity contribution in [3.63, 3.8) is 0 Å². The summed E-state index contributed by atoms with van der Waals surface area (Å²) in [5, 5.41) is 8.98. The van der Waals surface area contributed by atoms with Crippen molar-refractivity contribution < 1.29 is 33.5 Å². The predicted molar refractivity (Wildman–Crippen MR) is 209 cm³/mol. The lowest BCUT2D eigenvalue weighted by molar-refractivity contribution is -0.197. The largest absolute Gasteiger partial charge is 0.497 e. The summed E-state index contributed by atoms with van der Waals surface area (Å²) in [6.07, 6.45) is 0.945. The first-order valence-electron chi connectivity index (χ1n) is 18.5. The van der Waals surface area contributed by atoms with Crippen LogP contribution in [-0.2, 0) is 43.6 Å². The van der Waals surface area contributed by atoms with Gasteiger partial charge in [0.15, 0.2) is 0 Å². The van der Waals surface area contributed by atoms with Crippen molar-refractivity contribution in [3.8, 4) is 11.5 Å². The lowest BCUT2D eigenvalue weighted by atomic mass is 9.91. The second-order valence-corrected chi connectivity index (χ2v) is 14.1. The minimum Gasteiger partial charge on any atom is -0.497 e. The Morgan fingerprint density at radius 1 is 0.796 bits per heavy atom. The molecule has 54 heavy (non-hydrogen) atoms. The normalized spacial score (nSPS) is 13.4. The highest BCUT2D eigenvalue weighted by molar-refractivity contribution is 5.94. The van der Waals surface area contributed by atoms with E-state index in [4.69, 9.17) is 20.0 Å². The number of primary amides is 1. The summed E-state index contributed by atoms with van der Waals surface area (Å²) in [7, 11) is 3.10. The molecule has 0 aliphatic heterocycles. The Bertz CT molecular complexity index is 1860. The van der Waals surface area contributed by atoms with Gasteiger partial charge in [-0.05, 0) is 52.3 Å². The number of carbonyl (C=O) groups is 4. The van der Waals surface area contributed by atoms with Gasteiger partial charge in [-0.3, -0.25) is 24.0 Å². The average Bonchev–Trinajstić information content (AvgIpc) is 3.17. The Labute approximate surface area is 318 Å². The number of hydrogen-bond acceptors (Lipinski definition) is 7. The number of amides is 4. The van der Waals surface area contributed by atoms with Crippen LogP contribution in [0.15, 0.2) is 91.0 Å². The van der Waals surface area contributed by atoms with E-state index in [1.54, 1.807) is 25.3 Å². The number of benzene rings is 4. The molecule has 4 aromatic carbocycles. The molecule has 0 saturated carbocycles. The van der Waals surface area contributed by atoms with Gasteiger partial charge in [0.1, 0.15) is 30.2 Å². The predicted octanol–water partition coefficient (Wildman–Crippen LogP) is 6.11. The fraction of sp³-hybridized carbons (Fsp3) is 0.395. The molecule has 0 fully saturated rings. The quantitative estimate of drug-likeness (QED) is 0.0927. The maximum atomic E-state index is 14.3. The van der Waals surface area contributed by atoms with Crippen LogP contribution in [0.2, 0.25) is 0 Å². The Hall–Kier alpha value is -5.42. The first-order valence-corrected chi connectivity index (χ1v) is 18.5. The summed E-state index contributed by atoms with van der Waals surface area (Å²) in [5.74, 6) is -1.92. The maximum Gasteiger partial charge on any atom is 0.247 e. The summed E-state index contributed by atoms with van der Waals surface area (Å²) in [6.45, 7) is 7.86. The number of fused-ring (bicyclic) bond motifs is 1. The van der Waals surface area contributed by atoms with Gasteiger partial charge in [-0.25, -0.2) is 5.06 Å². The SMILES string of the molecule is CCC(C)[C@H](NC(=O)[C@H](Cc1cccc2ccccc12)NC(=O)C(CC(=O)N(Cc1ccc(OC)cc1OC)OCc1ccccc1)CC(C)C)C(N)=O. The summed E-state index contributed by atoms with van der Waals surface area (Å²) in [5.41, 5.74) is 8.11. The molecular formula is C43H54N4O7. The molecule has 0 aromatic heterocycles. The zero-order valence-corrected chi connectivity index (χ0v) is 32.2. The summed E-state index contributed by atoms with van der Waals surface area (Å²) >= 11 is 0. The van der Waals surface area contributed by atoms with E-state index in [2.05, 4.69) is 10.6 Å². The first kappa shape index (κ1) is 41.3. The molecule has 4 amide bonds. The molecule has 0 heterocycles. The Kier molecular flexibility index (Phi) is 15.4. The van der Waals surface area contributed by atoms with Gasteiger partial charge in [-0.15, -0.1) is 0 Å². The van der Waals surface area contributed by atoms with E-state index >= 15 is 0 Å². The molecule has 0 saturated heterocycles. The number of methoxy groups -OCH3 is 2. The zero-order valence-electron chi connectivity index (χ0n) is 32.2. The molecule has 4 aromatic rings. The lowest BCUT2D eigenvalue weighted by Gasteiger charge is -2.28. The van der Waals surface area contributed by atoms with Crippen LogP contribution in [0.5, 0.6) is 11.5 Å². The van der Waals surface area contributed by atoms with Gasteiger partial charge in [0.25, 0.3) is 0 Å². The highest BCUT2D eigenvalue weighted by atomic mass is 16.7. The van der Waals surface area contributed by atoms with Gasteiger partial charge in [-0.1, -0.05) is 107 Å². The number of hydrogen-bond donors (Lipinski definition) is 3. The van der Waals surface area contributed by atoms with Crippen LogP contribution in [-0.4, -0.2) is 55.0 Å². The molecular weight excluding hydrogens is 684 g/mol. The van der Waals surface area contributed by atoms with Gasteiger partial charge in [0.2, 0.25) is 23.6 Å². The molecule has 4 atom stereocenters. The molecule has 11 heteroatoms. The van der Waals surface area contributed by atoms with E-state index in [9.17, 15) is 19.2 Å². The van der Waals surface area contributed by atoms with Gasteiger partial charge < -0.3 is 25.8 Å². The highest BCUT2D eigenvalue weighted by Gasteiger charge is 2.33. The number of ether oxygens (including phenoxy) is 2. The lowest BCUT2D eigenvalue weighted by Crippen LogP contribution is -2.56. The van der Waals surface area contributed by atoms with E-state index in [-0.39, 0.29) is 37.8 Å². The van der Waals surface area contributed by atoms with Gasteiger partial charge >= 0.3 is 0 Å². The Morgan fingerprint density at radius 2 is 1.50 bits per heavy atom. The Morgan fingerprint density at radius 3 is 2.17 bits per heavy atom. The van der Waals surface area contributed by atoms with Crippen molar-refractivity contribution in [3.05, 3.63) is 108 Å². The van der Waals surface area contributed by atoms with Crippen LogP contribution in [0.25, 0.3) is 10.8 Å². The molecule has 11 nitrogen and oxygen atoms in total. The van der Waals surface area contributed by atoms with Crippen LogP contribution >= 0.6 is 0 Å². The second kappa shape index (κ2) is 20.1. The van der Waals surface area contributed by atoms with Gasteiger partial charge in [0, 0.05) is 30.4 Å². The third-order valence-corrected chi connectivity index (χ3v) is 9.62. The summed E-state index contributed by atoms with van der Waals surface area (Å²) in [4.78, 5) is 61.1. The second-order valence-electron chi connectivity index (χ2n) is 14.1. The van der Waals surface area contributed by atoms with Crippen LogP contribution < -0.4 is 25.8 Å². The van der Waals surface area contributed by atoms with Crippen LogP contribution in [0, 0.1) is 17.8 Å². The number of nitrogens with zero attached hydrogens (tertiary/aromatic N) is 1. The van der Waals surface area contributed by atoms with E-state index < -0.39 is 41.6 Å². The van der Waals surface area contributed by atoms with Gasteiger partial charge in [-0.2, -0.15) is 0 Å². The molecule has 288 valence electrons. The van der Waals surface area contributed by atoms with Crippen molar-refractivity contribution in [2.75, 3.05) is 14.2 Å². The fourth-order valence-corrected chi connectivity index (χ4v) is 6.41. The van der Waals surface area contributed by atoms with Crippen molar-refractivity contribution in [2.24, 2.45) is 23.5 Å². The fourth-order valence-electron chi connectivity index (χ4n) is 6.41. The van der Waals surface area contributed by atoms with E-state index in [1.165, 1.54) is 12.2 Å². The van der Waals surface area contributed by atoms with Crippen molar-refractivity contribution >= 4 is 34.4 Å². The van der Waals surface area contributed by atoms with Crippen LogP contribution in [0.4, 0.5) is 0 Å². The summed E-state index contributed by atoms with van der Waals surface area (Å²) < 4.78 is 11.0. The number of nitrogens with one attached hydrogen (secondary N) is 2. The van der Waals surface area contributed by atoms with E-state index in [0.717, 1.165) is 21.9 Å². The molecule has 4 rings (SSSR count). The molecule has 0 aliphatic carbocycles. The molecule has 0 spiro atoms. The smallest absolute Gasteiger partial charge is 0.247 e. The standard InChI is InChI=1S/C43H54N4O7/c1-7-29(4)40(41(44)49)46-43(51)37(23-32-18-13-17-31-16-11-12-19-36(31)32)45-42(50)34(22-28(2)3)24-39(48)47(54-27-30-14-9-8-10-15-30)26-33-20-21-35(52-5)25-38(33)53-6/h8-21,25,28-29,34,37,40H,7,22-24,26-27H2,1-6H3,(H2,44,49)(H,45,50)(H,46,51)/t29?,34?,37-,40-/m0/s1. The molecule has 0 aliphatic rings.